The predicted molar refractivity (Wildman–Crippen MR) is 77.4 cm³/mol. The molecule has 1 aromatic rings. The molecule has 7 nitrogen and oxygen atoms in total. The van der Waals surface area contributed by atoms with E-state index in [4.69, 9.17) is 9.47 Å². The molecule has 1 unspecified atom stereocenters. The van der Waals surface area contributed by atoms with Gasteiger partial charge in [-0.1, -0.05) is 6.07 Å². The van der Waals surface area contributed by atoms with Crippen LogP contribution in [-0.2, 0) is 9.53 Å². The van der Waals surface area contributed by atoms with Crippen LogP contribution in [0, 0.1) is 17.0 Å². The number of carbonyl (C=O) groups is 1. The Bertz CT molecular complexity index is 504. The Morgan fingerprint density at radius 1 is 1.48 bits per heavy atom. The molecule has 0 saturated carbocycles. The van der Waals surface area contributed by atoms with Gasteiger partial charge in [0.1, 0.15) is 11.8 Å². The van der Waals surface area contributed by atoms with Crippen LogP contribution >= 0.6 is 0 Å². The summed E-state index contributed by atoms with van der Waals surface area (Å²) in [5.41, 5.74) is 0.489. The van der Waals surface area contributed by atoms with E-state index in [0.717, 1.165) is 0 Å². The van der Waals surface area contributed by atoms with Gasteiger partial charge in [-0.3, -0.25) is 14.9 Å². The highest BCUT2D eigenvalue weighted by Crippen LogP contribution is 2.27. The first-order valence-corrected chi connectivity index (χ1v) is 6.72. The highest BCUT2D eigenvalue weighted by Gasteiger charge is 2.18. The van der Waals surface area contributed by atoms with Gasteiger partial charge >= 0.3 is 5.97 Å². The van der Waals surface area contributed by atoms with Crippen molar-refractivity contribution in [2.45, 2.75) is 26.3 Å². The van der Waals surface area contributed by atoms with Crippen molar-refractivity contribution >= 4 is 11.7 Å². The summed E-state index contributed by atoms with van der Waals surface area (Å²) in [7, 11) is 1.67. The van der Waals surface area contributed by atoms with Gasteiger partial charge in [0, 0.05) is 12.5 Å². The largest absolute Gasteiger partial charge is 0.493 e. The van der Waals surface area contributed by atoms with Crippen molar-refractivity contribution in [3.8, 4) is 5.75 Å². The van der Waals surface area contributed by atoms with Crippen LogP contribution in [0.15, 0.2) is 18.2 Å². The highest BCUT2D eigenvalue weighted by molar-refractivity contribution is 5.75. The first-order valence-electron chi connectivity index (χ1n) is 6.72. The number of nitro groups is 1. The highest BCUT2D eigenvalue weighted by atomic mass is 16.6. The summed E-state index contributed by atoms with van der Waals surface area (Å²) in [6, 6.07) is 4.21. The van der Waals surface area contributed by atoms with E-state index in [9.17, 15) is 14.9 Å². The molecule has 1 aromatic carbocycles. The molecule has 1 rings (SSSR count). The molecule has 21 heavy (non-hydrogen) atoms. The number of carbonyl (C=O) groups excluding carboxylic acids is 1. The van der Waals surface area contributed by atoms with Gasteiger partial charge in [0.25, 0.3) is 5.69 Å². The quantitative estimate of drug-likeness (QED) is 0.447. The number of nitrogens with one attached hydrogen (secondary N) is 1. The first kappa shape index (κ1) is 16.9. The lowest BCUT2D eigenvalue weighted by atomic mass is 10.2. The topological polar surface area (TPSA) is 90.7 Å². The minimum atomic E-state index is -0.455. The summed E-state index contributed by atoms with van der Waals surface area (Å²) in [5, 5.41) is 13.7. The van der Waals surface area contributed by atoms with Crippen LogP contribution < -0.4 is 10.1 Å². The number of rotatable bonds is 8. The molecule has 0 radical (unpaired) electrons. The Morgan fingerprint density at radius 3 is 2.76 bits per heavy atom. The Kier molecular flexibility index (Phi) is 6.61. The molecule has 1 atom stereocenters. The van der Waals surface area contributed by atoms with Crippen LogP contribution in [-0.4, -0.2) is 37.2 Å². The van der Waals surface area contributed by atoms with Gasteiger partial charge in [0.15, 0.2) is 0 Å². The molecule has 0 aliphatic heterocycles. The summed E-state index contributed by atoms with van der Waals surface area (Å²) in [4.78, 5) is 22.0. The fourth-order valence-corrected chi connectivity index (χ4v) is 1.87. The average Bonchev–Trinajstić information content (AvgIpc) is 2.45. The van der Waals surface area contributed by atoms with Crippen LogP contribution in [0.3, 0.4) is 0 Å². The Labute approximate surface area is 123 Å². The average molecular weight is 296 g/mol. The second kappa shape index (κ2) is 8.21. The molecule has 0 saturated heterocycles. The molecule has 0 bridgehead atoms. The van der Waals surface area contributed by atoms with Crippen LogP contribution in [0.2, 0.25) is 0 Å². The maximum atomic E-state index is 11.6. The molecular formula is C14H20N2O5. The summed E-state index contributed by atoms with van der Waals surface area (Å²) in [5.74, 6) is 0.113. The van der Waals surface area contributed by atoms with E-state index >= 15 is 0 Å². The van der Waals surface area contributed by atoms with E-state index in [1.54, 1.807) is 33.0 Å². The smallest absolute Gasteiger partial charge is 0.323 e. The third kappa shape index (κ3) is 4.71. The first-order chi connectivity index (χ1) is 10.0. The lowest BCUT2D eigenvalue weighted by Gasteiger charge is -2.15. The zero-order chi connectivity index (χ0) is 15.8. The van der Waals surface area contributed by atoms with Gasteiger partial charge < -0.3 is 14.8 Å². The molecule has 0 spiro atoms. The Balaban J connectivity index is 2.61. The van der Waals surface area contributed by atoms with E-state index in [-0.39, 0.29) is 18.3 Å². The summed E-state index contributed by atoms with van der Waals surface area (Å²) in [6.07, 6.45) is 0.414. The molecule has 0 heterocycles. The minimum Gasteiger partial charge on any atom is -0.493 e. The second-order valence-corrected chi connectivity index (χ2v) is 4.39. The van der Waals surface area contributed by atoms with Crippen molar-refractivity contribution in [1.29, 1.82) is 0 Å². The number of benzene rings is 1. The van der Waals surface area contributed by atoms with E-state index < -0.39 is 11.0 Å². The van der Waals surface area contributed by atoms with Gasteiger partial charge in [0.05, 0.1) is 23.7 Å². The van der Waals surface area contributed by atoms with Crippen molar-refractivity contribution in [3.05, 3.63) is 33.9 Å². The number of hydrogen-bond acceptors (Lipinski definition) is 6. The monoisotopic (exact) mass is 296 g/mol. The maximum absolute atomic E-state index is 11.6. The van der Waals surface area contributed by atoms with Gasteiger partial charge in [-0.2, -0.15) is 0 Å². The molecule has 0 aliphatic rings. The van der Waals surface area contributed by atoms with Crippen molar-refractivity contribution in [2.24, 2.45) is 0 Å². The molecule has 1 N–H and O–H groups in total. The molecule has 7 heteroatoms. The summed E-state index contributed by atoms with van der Waals surface area (Å²) >= 11 is 0. The molecular weight excluding hydrogens is 276 g/mol. The SMILES string of the molecule is CCOC(=O)C(CCOc1cccc([N+](=O)[O-])c1C)NC. The molecule has 0 fully saturated rings. The van der Waals surface area contributed by atoms with Gasteiger partial charge in [-0.05, 0) is 27.0 Å². The zero-order valence-corrected chi connectivity index (χ0v) is 12.4. The van der Waals surface area contributed by atoms with Crippen molar-refractivity contribution in [2.75, 3.05) is 20.3 Å². The summed E-state index contributed by atoms with van der Waals surface area (Å²) in [6.45, 7) is 3.95. The number of hydrogen-bond donors (Lipinski definition) is 1. The number of esters is 1. The van der Waals surface area contributed by atoms with Crippen molar-refractivity contribution in [1.82, 2.24) is 5.32 Å². The van der Waals surface area contributed by atoms with Crippen molar-refractivity contribution < 1.29 is 19.2 Å². The molecule has 0 amide bonds. The standard InChI is InChI=1S/C14H20N2O5/c1-4-20-14(17)11(15-3)8-9-21-13-7-5-6-12(10(13)2)16(18)19/h5-7,11,15H,4,8-9H2,1-3H3. The number of ether oxygens (including phenoxy) is 2. The number of nitrogens with zero attached hydrogens (tertiary/aromatic N) is 1. The van der Waals surface area contributed by atoms with Gasteiger partial charge in [-0.25, -0.2) is 0 Å². The third-order valence-corrected chi connectivity index (χ3v) is 3.04. The number of likely N-dealkylation sites (N-methyl/N-ethyl adjacent to an activating group) is 1. The fraction of sp³-hybridized carbons (Fsp3) is 0.500. The van der Waals surface area contributed by atoms with Crippen LogP contribution in [0.4, 0.5) is 5.69 Å². The predicted octanol–water partition coefficient (Wildman–Crippen LogP) is 1.82. The maximum Gasteiger partial charge on any atom is 0.323 e. The van der Waals surface area contributed by atoms with Gasteiger partial charge in [0.2, 0.25) is 0 Å². The molecule has 0 aromatic heterocycles. The van der Waals surface area contributed by atoms with Crippen LogP contribution in [0.1, 0.15) is 18.9 Å². The van der Waals surface area contributed by atoms with Crippen LogP contribution in [0.5, 0.6) is 5.75 Å². The lowest BCUT2D eigenvalue weighted by molar-refractivity contribution is -0.385. The fourth-order valence-electron chi connectivity index (χ4n) is 1.87. The minimum absolute atomic E-state index is 0.0167. The van der Waals surface area contributed by atoms with E-state index in [1.807, 2.05) is 0 Å². The van der Waals surface area contributed by atoms with Crippen molar-refractivity contribution in [3.63, 3.8) is 0 Å². The summed E-state index contributed by atoms with van der Waals surface area (Å²) < 4.78 is 10.5. The van der Waals surface area contributed by atoms with E-state index in [2.05, 4.69) is 5.32 Å². The Hall–Kier alpha value is -2.15. The van der Waals surface area contributed by atoms with E-state index in [0.29, 0.717) is 24.3 Å². The van der Waals surface area contributed by atoms with Gasteiger partial charge in [-0.15, -0.1) is 0 Å². The number of nitro benzene ring substituents is 1. The molecule has 0 aliphatic carbocycles. The zero-order valence-electron chi connectivity index (χ0n) is 12.4. The molecule has 116 valence electrons. The second-order valence-electron chi connectivity index (χ2n) is 4.39. The van der Waals surface area contributed by atoms with E-state index in [1.165, 1.54) is 6.07 Å². The third-order valence-electron chi connectivity index (χ3n) is 3.04. The normalized spacial score (nSPS) is 11.8. The Morgan fingerprint density at radius 2 is 2.19 bits per heavy atom. The lowest BCUT2D eigenvalue weighted by Crippen LogP contribution is -2.36. The van der Waals surface area contributed by atoms with Crippen LogP contribution in [0.25, 0.3) is 0 Å².